The van der Waals surface area contributed by atoms with Crippen LogP contribution in [0.15, 0.2) is 36.4 Å². The predicted octanol–water partition coefficient (Wildman–Crippen LogP) is 5.95. The van der Waals surface area contributed by atoms with Gasteiger partial charge in [-0.3, -0.25) is 10.2 Å². The maximum absolute atomic E-state index is 12.0. The molecule has 1 aliphatic rings. The van der Waals surface area contributed by atoms with Crippen molar-refractivity contribution < 1.29 is 9.53 Å². The van der Waals surface area contributed by atoms with Gasteiger partial charge in [0.1, 0.15) is 5.60 Å². The van der Waals surface area contributed by atoms with E-state index in [0.717, 1.165) is 17.6 Å². The van der Waals surface area contributed by atoms with E-state index in [1.54, 1.807) is 0 Å². The highest BCUT2D eigenvalue weighted by molar-refractivity contribution is 5.91. The summed E-state index contributed by atoms with van der Waals surface area (Å²) >= 11 is 0. The van der Waals surface area contributed by atoms with Gasteiger partial charge in [0.25, 0.3) is 0 Å². The van der Waals surface area contributed by atoms with Crippen LogP contribution in [0, 0.1) is 0 Å². The SMILES string of the molecule is C[C@@H]1CCC[C@H](C)N1Cc1ccc2cc(NC(=O)OC(C)(C)C)ccc2c1. The Bertz CT molecular complexity index is 800. The summed E-state index contributed by atoms with van der Waals surface area (Å²) in [6.45, 7) is 11.3. The van der Waals surface area contributed by atoms with Crippen molar-refractivity contribution >= 4 is 22.6 Å². The average Bonchev–Trinajstić information content (AvgIpc) is 2.56. The quantitative estimate of drug-likeness (QED) is 0.728. The number of benzene rings is 2. The lowest BCUT2D eigenvalue weighted by molar-refractivity contribution is 0.0636. The van der Waals surface area contributed by atoms with E-state index in [2.05, 4.69) is 48.3 Å². The first-order valence-electron chi connectivity index (χ1n) is 10.00. The smallest absolute Gasteiger partial charge is 0.412 e. The van der Waals surface area contributed by atoms with Crippen LogP contribution in [0.3, 0.4) is 0 Å². The minimum atomic E-state index is -0.501. The summed E-state index contributed by atoms with van der Waals surface area (Å²) < 4.78 is 5.32. The van der Waals surface area contributed by atoms with Gasteiger partial charge in [-0.2, -0.15) is 0 Å². The van der Waals surface area contributed by atoms with Crippen LogP contribution in [-0.4, -0.2) is 28.7 Å². The van der Waals surface area contributed by atoms with Crippen molar-refractivity contribution in [2.45, 2.75) is 78.1 Å². The summed E-state index contributed by atoms with van der Waals surface area (Å²) in [6, 6.07) is 13.9. The van der Waals surface area contributed by atoms with Crippen LogP contribution < -0.4 is 5.32 Å². The summed E-state index contributed by atoms with van der Waals surface area (Å²) in [7, 11) is 0. The summed E-state index contributed by atoms with van der Waals surface area (Å²) in [6.07, 6.45) is 3.49. The van der Waals surface area contributed by atoms with Gasteiger partial charge in [-0.1, -0.05) is 24.6 Å². The molecule has 27 heavy (non-hydrogen) atoms. The molecule has 1 fully saturated rings. The van der Waals surface area contributed by atoms with Crippen LogP contribution in [-0.2, 0) is 11.3 Å². The first-order valence-corrected chi connectivity index (χ1v) is 10.00. The summed E-state index contributed by atoms with van der Waals surface area (Å²) in [4.78, 5) is 14.6. The molecule has 1 N–H and O–H groups in total. The Labute approximate surface area is 162 Å². The van der Waals surface area contributed by atoms with Crippen molar-refractivity contribution in [3.8, 4) is 0 Å². The molecule has 146 valence electrons. The second kappa shape index (κ2) is 7.89. The molecule has 4 heteroatoms. The maximum Gasteiger partial charge on any atom is 0.412 e. The Morgan fingerprint density at radius 2 is 1.70 bits per heavy atom. The second-order valence-electron chi connectivity index (χ2n) is 8.82. The Hall–Kier alpha value is -2.07. The third-order valence-electron chi connectivity index (χ3n) is 5.29. The number of fused-ring (bicyclic) bond motifs is 1. The van der Waals surface area contributed by atoms with Crippen molar-refractivity contribution in [3.05, 3.63) is 42.0 Å². The van der Waals surface area contributed by atoms with E-state index in [4.69, 9.17) is 4.74 Å². The van der Waals surface area contributed by atoms with Crippen LogP contribution in [0.4, 0.5) is 10.5 Å². The van der Waals surface area contributed by atoms with Crippen molar-refractivity contribution in [1.29, 1.82) is 0 Å². The monoisotopic (exact) mass is 368 g/mol. The number of carbonyl (C=O) groups is 1. The van der Waals surface area contributed by atoms with E-state index in [9.17, 15) is 4.79 Å². The number of piperidine rings is 1. The third-order valence-corrected chi connectivity index (χ3v) is 5.29. The number of rotatable bonds is 3. The number of hydrogen-bond acceptors (Lipinski definition) is 3. The highest BCUT2D eigenvalue weighted by Crippen LogP contribution is 2.27. The molecule has 1 aliphatic heterocycles. The van der Waals surface area contributed by atoms with Crippen LogP contribution in [0.5, 0.6) is 0 Å². The molecule has 1 saturated heterocycles. The van der Waals surface area contributed by atoms with Crippen LogP contribution in [0.1, 0.15) is 59.4 Å². The zero-order valence-electron chi connectivity index (χ0n) is 17.2. The Balaban J connectivity index is 1.72. The molecular weight excluding hydrogens is 336 g/mol. The van der Waals surface area contributed by atoms with Crippen molar-refractivity contribution in [3.63, 3.8) is 0 Å². The Kier molecular flexibility index (Phi) is 5.75. The molecule has 1 amide bonds. The molecule has 1 heterocycles. The summed E-state index contributed by atoms with van der Waals surface area (Å²) in [5.74, 6) is 0. The van der Waals surface area contributed by atoms with Gasteiger partial charge in [0, 0.05) is 24.3 Å². The molecule has 2 aromatic carbocycles. The van der Waals surface area contributed by atoms with E-state index >= 15 is 0 Å². The Morgan fingerprint density at radius 3 is 2.37 bits per heavy atom. The van der Waals surface area contributed by atoms with Crippen molar-refractivity contribution in [2.24, 2.45) is 0 Å². The van der Waals surface area contributed by atoms with E-state index in [-0.39, 0.29) is 0 Å². The largest absolute Gasteiger partial charge is 0.444 e. The van der Waals surface area contributed by atoms with Crippen molar-refractivity contribution in [2.75, 3.05) is 5.32 Å². The molecule has 0 spiro atoms. The molecule has 0 aliphatic carbocycles. The van der Waals surface area contributed by atoms with Gasteiger partial charge in [0.15, 0.2) is 0 Å². The molecular formula is C23H32N2O2. The Morgan fingerprint density at radius 1 is 1.07 bits per heavy atom. The summed E-state index contributed by atoms with van der Waals surface area (Å²) in [5.41, 5.74) is 1.59. The zero-order valence-corrected chi connectivity index (χ0v) is 17.2. The van der Waals surface area contributed by atoms with Crippen LogP contribution in [0.2, 0.25) is 0 Å². The topological polar surface area (TPSA) is 41.6 Å². The van der Waals surface area contributed by atoms with Gasteiger partial charge >= 0.3 is 6.09 Å². The van der Waals surface area contributed by atoms with Gasteiger partial charge in [0.2, 0.25) is 0 Å². The molecule has 0 saturated carbocycles. The zero-order chi connectivity index (χ0) is 19.6. The normalized spacial score (nSPS) is 21.2. The molecule has 0 radical (unpaired) electrons. The lowest BCUT2D eigenvalue weighted by Gasteiger charge is -2.39. The molecule has 2 aromatic rings. The fourth-order valence-corrected chi connectivity index (χ4v) is 3.89. The van der Waals surface area contributed by atoms with E-state index in [1.165, 1.54) is 30.2 Å². The third kappa shape index (κ3) is 5.23. The standard InChI is InChI=1S/C23H32N2O2/c1-16-7-6-8-17(2)25(16)15-18-9-10-20-14-21(12-11-19(20)13-18)24-22(26)27-23(3,4)5/h9-14,16-17H,6-8,15H2,1-5H3,(H,24,26)/t16-,17+. The van der Waals surface area contributed by atoms with E-state index in [1.807, 2.05) is 32.9 Å². The number of hydrogen-bond donors (Lipinski definition) is 1. The number of ether oxygens (including phenoxy) is 1. The molecule has 3 rings (SSSR count). The number of carbonyl (C=O) groups excluding carboxylic acids is 1. The maximum atomic E-state index is 12.0. The lowest BCUT2D eigenvalue weighted by Crippen LogP contribution is -2.42. The minimum Gasteiger partial charge on any atom is -0.444 e. The fraction of sp³-hybridized carbons (Fsp3) is 0.522. The second-order valence-corrected chi connectivity index (χ2v) is 8.82. The fourth-order valence-electron chi connectivity index (χ4n) is 3.89. The highest BCUT2D eigenvalue weighted by atomic mass is 16.6. The lowest BCUT2D eigenvalue weighted by atomic mass is 9.96. The average molecular weight is 369 g/mol. The van der Waals surface area contributed by atoms with Crippen molar-refractivity contribution in [1.82, 2.24) is 4.90 Å². The highest BCUT2D eigenvalue weighted by Gasteiger charge is 2.24. The van der Waals surface area contributed by atoms with E-state index < -0.39 is 11.7 Å². The number of likely N-dealkylation sites (tertiary alicyclic amines) is 1. The van der Waals surface area contributed by atoms with Crippen LogP contribution >= 0.6 is 0 Å². The predicted molar refractivity (Wildman–Crippen MR) is 112 cm³/mol. The molecule has 4 nitrogen and oxygen atoms in total. The van der Waals surface area contributed by atoms with Gasteiger partial charge < -0.3 is 4.74 Å². The number of nitrogens with zero attached hydrogens (tertiary/aromatic N) is 1. The first kappa shape index (κ1) is 19.7. The van der Waals surface area contributed by atoms with Gasteiger partial charge in [0.05, 0.1) is 0 Å². The summed E-state index contributed by atoms with van der Waals surface area (Å²) in [5, 5.41) is 5.12. The molecule has 0 bridgehead atoms. The number of amides is 1. The number of anilines is 1. The van der Waals surface area contributed by atoms with Gasteiger partial charge in [-0.25, -0.2) is 4.79 Å². The molecule has 0 unspecified atom stereocenters. The van der Waals surface area contributed by atoms with Gasteiger partial charge in [-0.05, 0) is 82.0 Å². The van der Waals surface area contributed by atoms with Crippen LogP contribution in [0.25, 0.3) is 10.8 Å². The van der Waals surface area contributed by atoms with Gasteiger partial charge in [-0.15, -0.1) is 0 Å². The van der Waals surface area contributed by atoms with E-state index in [0.29, 0.717) is 12.1 Å². The molecule has 0 aromatic heterocycles. The molecule has 2 atom stereocenters. The first-order chi connectivity index (χ1) is 12.7. The minimum absolute atomic E-state index is 0.424. The number of nitrogens with one attached hydrogen (secondary N) is 1.